The van der Waals surface area contributed by atoms with Gasteiger partial charge in [0.15, 0.2) is 41.4 Å². The van der Waals surface area contributed by atoms with Crippen LogP contribution in [0.5, 0.6) is 0 Å². The van der Waals surface area contributed by atoms with Crippen molar-refractivity contribution < 1.29 is 108 Å². The van der Waals surface area contributed by atoms with Crippen molar-refractivity contribution in [3.63, 3.8) is 0 Å². The molecule has 410 valence electrons. The first-order chi connectivity index (χ1) is 35.2. The number of rotatable bonds is 19. The lowest BCUT2D eigenvalue weighted by molar-refractivity contribution is -0.745. The van der Waals surface area contributed by atoms with Crippen molar-refractivity contribution in [2.45, 2.75) is 73.6 Å². The quantitative estimate of drug-likeness (QED) is 0.0269. The van der Waals surface area contributed by atoms with Gasteiger partial charge in [-0.2, -0.15) is 4.98 Å². The lowest BCUT2D eigenvalue weighted by Gasteiger charge is -2.35. The van der Waals surface area contributed by atoms with Gasteiger partial charge in [-0.3, -0.25) is 51.5 Å². The van der Waals surface area contributed by atoms with E-state index in [0.29, 0.717) is 0 Å². The van der Waals surface area contributed by atoms with Gasteiger partial charge in [-0.05, 0) is 0 Å². The summed E-state index contributed by atoms with van der Waals surface area (Å²) in [6.45, 7) is -3.73. The Hall–Kier alpha value is -5.15. The molecule has 3 saturated heterocycles. The third kappa shape index (κ3) is 10.9. The Kier molecular flexibility index (Phi) is 14.8. The number of methoxy groups -OCH3 is 1. The van der Waals surface area contributed by atoms with Gasteiger partial charge in [0.1, 0.15) is 66.8 Å². The van der Waals surface area contributed by atoms with E-state index >= 15 is 0 Å². The first-order valence-electron chi connectivity index (χ1n) is 21.1. The summed E-state index contributed by atoms with van der Waals surface area (Å²) in [5, 5.41) is 43.0. The van der Waals surface area contributed by atoms with Crippen LogP contribution in [0.25, 0.3) is 33.5 Å². The molecule has 0 bridgehead atoms. The average Bonchev–Trinajstić information content (AvgIpc) is 4.17. The highest BCUT2D eigenvalue weighted by Gasteiger charge is 2.51. The normalized spacial score (nSPS) is 30.5. The second-order valence-corrected chi connectivity index (χ2v) is 22.3. The van der Waals surface area contributed by atoms with Crippen LogP contribution in [0.1, 0.15) is 18.7 Å². The topological polar surface area (TPSA) is 574 Å². The molecule has 6 aromatic heterocycles. The van der Waals surface area contributed by atoms with Crippen molar-refractivity contribution in [2.75, 3.05) is 44.1 Å². The summed E-state index contributed by atoms with van der Waals surface area (Å²) in [6.07, 6.45) is -16.7. The number of imidazole rings is 3. The van der Waals surface area contributed by atoms with E-state index in [1.807, 2.05) is 0 Å². The van der Waals surface area contributed by atoms with Crippen LogP contribution in [-0.4, -0.2) is 156 Å². The van der Waals surface area contributed by atoms with Gasteiger partial charge in [0.25, 0.3) is 48.4 Å². The van der Waals surface area contributed by atoms with Gasteiger partial charge in [0, 0.05) is 7.11 Å². The Labute approximate surface area is 414 Å². The predicted octanol–water partition coefficient (Wildman–Crippen LogP) is -7.24. The molecule has 12 N–H and O–H groups in total. The third-order valence-electron chi connectivity index (χ3n) is 11.5. The summed E-state index contributed by atoms with van der Waals surface area (Å²) < 4.78 is 106. The number of H-pyrrole nitrogens is 2. The van der Waals surface area contributed by atoms with Crippen LogP contribution in [0.4, 0.5) is 17.7 Å². The molecular formula is C32H40N15O24P4-3. The van der Waals surface area contributed by atoms with Gasteiger partial charge in [-0.25, -0.2) is 33.1 Å². The molecule has 0 radical (unpaired) electrons. The van der Waals surface area contributed by atoms with Crippen molar-refractivity contribution in [1.82, 2.24) is 53.6 Å². The molecule has 3 fully saturated rings. The highest BCUT2D eigenvalue weighted by atomic mass is 31.3. The van der Waals surface area contributed by atoms with Crippen molar-refractivity contribution in [3.8, 4) is 0 Å². The molecule has 9 heterocycles. The smallest absolute Gasteiger partial charge is 0.313 e. The Morgan fingerprint density at radius 2 is 1.24 bits per heavy atom. The highest BCUT2D eigenvalue weighted by molar-refractivity contribution is 7.65. The molecule has 0 aliphatic carbocycles. The molecule has 39 nitrogen and oxygen atoms in total. The summed E-state index contributed by atoms with van der Waals surface area (Å²) >= 11 is 0. The maximum absolute atomic E-state index is 13.5. The molecule has 75 heavy (non-hydrogen) atoms. The molecule has 7 unspecified atom stereocenters. The van der Waals surface area contributed by atoms with E-state index in [1.54, 1.807) is 0 Å². The number of anilines is 3. The Bertz CT molecular complexity index is 3470. The van der Waals surface area contributed by atoms with Crippen LogP contribution in [0.15, 0.2) is 34.9 Å². The molecular weight excluding hydrogens is 1100 g/mol. The first kappa shape index (κ1) is 54.6. The number of hydrogen-bond acceptors (Lipinski definition) is 33. The number of nitrogens with one attached hydrogen (secondary N) is 2. The van der Waals surface area contributed by atoms with Crippen LogP contribution >= 0.6 is 31.3 Å². The van der Waals surface area contributed by atoms with Crippen molar-refractivity contribution >= 4 is 82.5 Å². The summed E-state index contributed by atoms with van der Waals surface area (Å²) in [5.41, 5.74) is 15.1. The molecule has 0 amide bonds. The molecule has 43 heteroatoms. The zero-order chi connectivity index (χ0) is 54.3. The molecule has 6 aromatic rings. The fourth-order valence-corrected chi connectivity index (χ4v) is 12.6. The average molecular weight is 1140 g/mol. The van der Waals surface area contributed by atoms with E-state index < -0.39 is 136 Å². The Balaban J connectivity index is 0.862. The monoisotopic (exact) mass is 1140 g/mol. The van der Waals surface area contributed by atoms with Crippen molar-refractivity contribution in [2.24, 2.45) is 7.05 Å². The molecule has 3 aliphatic heterocycles. The second-order valence-electron chi connectivity index (χ2n) is 16.4. The number of aliphatic hydroxyl groups excluding tert-OH is 4. The second kappa shape index (κ2) is 20.3. The number of fused-ring (bicyclic) bond motifs is 3. The lowest BCUT2D eigenvalue weighted by Crippen LogP contribution is -2.46. The van der Waals surface area contributed by atoms with Gasteiger partial charge < -0.3 is 94.2 Å². The Morgan fingerprint density at radius 3 is 1.91 bits per heavy atom. The van der Waals surface area contributed by atoms with Crippen LogP contribution in [0.2, 0.25) is 0 Å². The number of aryl methyl sites for hydroxylation is 1. The lowest BCUT2D eigenvalue weighted by atomic mass is 10.1. The van der Waals surface area contributed by atoms with Crippen LogP contribution in [-0.2, 0) is 71.0 Å². The number of nitrogens with two attached hydrogens (primary N) is 3. The molecule has 0 saturated carbocycles. The molecule has 9 rings (SSSR count). The van der Waals surface area contributed by atoms with E-state index in [0.717, 1.165) is 39.8 Å². The highest BCUT2D eigenvalue weighted by Crippen LogP contribution is 2.63. The van der Waals surface area contributed by atoms with E-state index in [9.17, 15) is 67.8 Å². The minimum atomic E-state index is -6.59. The summed E-state index contributed by atoms with van der Waals surface area (Å²) in [5.74, 6) is -0.782. The molecule has 16 atom stereocenters. The maximum atomic E-state index is 13.5. The number of aliphatic hydroxyl groups is 4. The van der Waals surface area contributed by atoms with E-state index in [2.05, 4.69) is 57.5 Å². The maximum Gasteiger partial charge on any atom is 0.313 e. The molecule has 0 aromatic carbocycles. The van der Waals surface area contributed by atoms with Crippen LogP contribution < -0.4 is 52.5 Å². The number of hydrogen-bond donors (Lipinski definition) is 9. The van der Waals surface area contributed by atoms with Crippen LogP contribution in [0, 0.1) is 0 Å². The number of nitrogen functional groups attached to an aromatic ring is 3. The first-order valence-corrected chi connectivity index (χ1v) is 26.9. The van der Waals surface area contributed by atoms with Gasteiger partial charge in [-0.15, -0.1) is 0 Å². The van der Waals surface area contributed by atoms with Gasteiger partial charge in [-0.1, -0.05) is 4.98 Å². The van der Waals surface area contributed by atoms with Crippen molar-refractivity contribution in [3.05, 3.63) is 46.0 Å². The number of phosphoric ester groups is 3. The van der Waals surface area contributed by atoms with E-state index in [-0.39, 0.29) is 51.2 Å². The molecule has 0 spiro atoms. The zero-order valence-electron chi connectivity index (χ0n) is 37.8. The van der Waals surface area contributed by atoms with Gasteiger partial charge >= 0.3 is 5.65 Å². The minimum Gasteiger partial charge on any atom is -0.756 e. The summed E-state index contributed by atoms with van der Waals surface area (Å²) in [6, 6.07) is 0. The SMILES string of the molecule is CO[C@H]1C(OP(=O)([O-])OC[C@H]2O[C@@H](n3cnc4c(=O)[nH]c(N)nc43)[C@@H](O)C2O)[C@@H](COP(=O)([O-])OP(=O)([O-])OP(=O)([O-])OC[C@@H]2O[C@H]([n+]3cn(C)c4c(=O)[nH]c(N)nc43)C(O)[C@@H]2O)O[C@H]1n1cnc2c(N)ncnc21. The summed E-state index contributed by atoms with van der Waals surface area (Å²) in [4.78, 5) is 105. The number of ether oxygens (including phenoxy) is 4. The summed E-state index contributed by atoms with van der Waals surface area (Å²) in [7, 11) is -22.4. The predicted molar refractivity (Wildman–Crippen MR) is 230 cm³/mol. The largest absolute Gasteiger partial charge is 0.756 e. The minimum absolute atomic E-state index is 0.00984. The molecule has 3 aliphatic rings. The number of aromatic amines is 2. The van der Waals surface area contributed by atoms with Crippen LogP contribution in [0.3, 0.4) is 0 Å². The van der Waals surface area contributed by atoms with Crippen molar-refractivity contribution in [1.29, 1.82) is 0 Å². The zero-order valence-corrected chi connectivity index (χ0v) is 41.4. The third-order valence-corrected chi connectivity index (χ3v) is 16.6. The fraction of sp³-hybridized carbons (Fsp3) is 0.531. The van der Waals surface area contributed by atoms with Gasteiger partial charge in [0.2, 0.25) is 17.7 Å². The number of aromatic nitrogens is 12. The fourth-order valence-electron chi connectivity index (χ4n) is 8.26. The number of nitrogens with zero attached hydrogens (tertiary/aromatic N) is 10. The van der Waals surface area contributed by atoms with E-state index in [4.69, 9.17) is 45.2 Å². The standard InChI is InChI=1S/C32H43N15O24P4/c1-44-9-47(25-15(44)27(53)43-32(35)41-25)29-19(51)17(49)11(67-29)4-64-73(56,57)70-75(60,61)71-74(58,59)65-5-12-20(21(62-2)30(68-12)45-7-38-13-22(33)36-6-37-23(13)45)69-72(54,55)63-3-10-16(48)18(50)28(66-10)46-8-39-14-24(46)40-31(34)42-26(14)52/h6-12,16-21,28-30,48-51H,3-5H2,1-2H3,(H11-,33,34,35,36,37,40,41,42,43,52,53,54,55,56,57,58,59,60,61)/p-3/t10-,11+,12-,16?,17-,18+,19?,20?,21+,28-,29+,30-/m1/s1. The number of phosphoric acid groups is 4. The van der Waals surface area contributed by atoms with E-state index in [1.165, 1.54) is 17.9 Å². The van der Waals surface area contributed by atoms with Gasteiger partial charge in [0.05, 0.1) is 39.5 Å². The Morgan fingerprint density at radius 1 is 0.680 bits per heavy atom.